The number of methoxy groups -OCH3 is 1. The first-order valence-electron chi connectivity index (χ1n) is 11.4. The Hall–Kier alpha value is -3.69. The molecule has 1 spiro atoms. The van der Waals surface area contributed by atoms with Gasteiger partial charge in [-0.25, -0.2) is 15.0 Å². The highest BCUT2D eigenvalue weighted by Gasteiger charge is 2.75. The van der Waals surface area contributed by atoms with Gasteiger partial charge in [0.1, 0.15) is 11.6 Å². The summed E-state index contributed by atoms with van der Waals surface area (Å²) in [6, 6.07) is 9.25. The molecule has 1 aromatic carbocycles. The van der Waals surface area contributed by atoms with Crippen molar-refractivity contribution in [3.05, 3.63) is 66.1 Å². The van der Waals surface area contributed by atoms with Crippen LogP contribution >= 0.6 is 0 Å². The van der Waals surface area contributed by atoms with Crippen LogP contribution in [0.3, 0.4) is 0 Å². The zero-order chi connectivity index (χ0) is 24.4. The number of hydrogen-bond acceptors (Lipinski definition) is 6. The van der Waals surface area contributed by atoms with Crippen molar-refractivity contribution in [3.63, 3.8) is 0 Å². The summed E-state index contributed by atoms with van der Waals surface area (Å²) >= 11 is 0. The van der Waals surface area contributed by atoms with Crippen LogP contribution in [0, 0.1) is 11.3 Å². The highest BCUT2D eigenvalue weighted by Crippen LogP contribution is 2.71. The normalized spacial score (nSPS) is 26.4. The van der Waals surface area contributed by atoms with Gasteiger partial charge in [0, 0.05) is 36.7 Å². The van der Waals surface area contributed by atoms with Crippen LogP contribution in [0.15, 0.2) is 55.0 Å². The van der Waals surface area contributed by atoms with Crippen molar-refractivity contribution in [3.8, 4) is 17.1 Å². The van der Waals surface area contributed by atoms with Gasteiger partial charge in [0.2, 0.25) is 0 Å². The molecule has 35 heavy (non-hydrogen) atoms. The molecule has 3 aliphatic rings. The quantitative estimate of drug-likeness (QED) is 0.586. The Labute approximate surface area is 199 Å². The lowest BCUT2D eigenvalue weighted by atomic mass is 9.71. The summed E-state index contributed by atoms with van der Waals surface area (Å²) in [6.07, 6.45) is 1.56. The van der Waals surface area contributed by atoms with Gasteiger partial charge >= 0.3 is 6.18 Å². The molecular formula is C25H22F3N5O2. The SMILES string of the molecule is COc1cccc(-c2ncccn2)c1C(=O)N1CC2CC23CC(Nc2ccc(C(F)(F)F)cn2)C13. The summed E-state index contributed by atoms with van der Waals surface area (Å²) in [4.78, 5) is 28.4. The van der Waals surface area contributed by atoms with Gasteiger partial charge in [-0.3, -0.25) is 4.79 Å². The number of alkyl halides is 3. The number of anilines is 1. The molecule has 2 saturated carbocycles. The fourth-order valence-electron chi connectivity index (χ4n) is 5.89. The lowest BCUT2D eigenvalue weighted by Crippen LogP contribution is -2.60. The number of hydrogen-bond donors (Lipinski definition) is 1. The first-order valence-corrected chi connectivity index (χ1v) is 11.4. The van der Waals surface area contributed by atoms with Gasteiger partial charge in [-0.2, -0.15) is 13.2 Å². The van der Waals surface area contributed by atoms with Crippen molar-refractivity contribution in [2.24, 2.45) is 11.3 Å². The number of aromatic nitrogens is 3. The van der Waals surface area contributed by atoms with Crippen LogP contribution < -0.4 is 10.1 Å². The van der Waals surface area contributed by atoms with Crippen LogP contribution in [0.4, 0.5) is 19.0 Å². The Bertz CT molecular complexity index is 1280. The molecule has 2 aromatic heterocycles. The van der Waals surface area contributed by atoms with Crippen LogP contribution in [-0.4, -0.2) is 51.5 Å². The number of rotatable bonds is 5. The number of likely N-dealkylation sites (tertiary alicyclic amines) is 1. The molecule has 4 unspecified atom stereocenters. The Kier molecular flexibility index (Phi) is 4.77. The maximum atomic E-state index is 13.9. The maximum Gasteiger partial charge on any atom is 0.417 e. The van der Waals surface area contributed by atoms with E-state index >= 15 is 0 Å². The van der Waals surface area contributed by atoms with E-state index in [1.165, 1.54) is 13.2 Å². The molecular weight excluding hydrogens is 459 g/mol. The van der Waals surface area contributed by atoms with E-state index < -0.39 is 11.7 Å². The molecule has 0 radical (unpaired) electrons. The summed E-state index contributed by atoms with van der Waals surface area (Å²) in [5.74, 6) is 1.52. The number of piperidine rings is 1. The molecule has 0 bridgehead atoms. The van der Waals surface area contributed by atoms with Crippen LogP contribution in [-0.2, 0) is 6.18 Å². The largest absolute Gasteiger partial charge is 0.496 e. The third-order valence-corrected chi connectivity index (χ3v) is 7.55. The molecule has 4 atom stereocenters. The number of ether oxygens (including phenoxy) is 1. The molecule has 1 N–H and O–H groups in total. The van der Waals surface area contributed by atoms with Crippen molar-refractivity contribution >= 4 is 11.7 Å². The van der Waals surface area contributed by atoms with Crippen molar-refractivity contribution < 1.29 is 22.7 Å². The van der Waals surface area contributed by atoms with E-state index in [-0.39, 0.29) is 23.4 Å². The molecule has 180 valence electrons. The van der Waals surface area contributed by atoms with Crippen LogP contribution in [0.25, 0.3) is 11.4 Å². The minimum atomic E-state index is -4.43. The third-order valence-electron chi connectivity index (χ3n) is 7.55. The highest BCUT2D eigenvalue weighted by atomic mass is 19.4. The van der Waals surface area contributed by atoms with E-state index in [1.54, 1.807) is 36.7 Å². The minimum absolute atomic E-state index is 0.0708. The zero-order valence-electron chi connectivity index (χ0n) is 18.8. The fraction of sp³-hybridized carbons (Fsp3) is 0.360. The van der Waals surface area contributed by atoms with E-state index in [2.05, 4.69) is 20.3 Å². The molecule has 3 aromatic rings. The molecule has 7 nitrogen and oxygen atoms in total. The Morgan fingerprint density at radius 2 is 1.91 bits per heavy atom. The molecule has 1 amide bonds. The van der Waals surface area contributed by atoms with Crippen molar-refractivity contribution in [2.75, 3.05) is 19.0 Å². The summed E-state index contributed by atoms with van der Waals surface area (Å²) < 4.78 is 44.2. The first-order chi connectivity index (χ1) is 16.8. The van der Waals surface area contributed by atoms with Crippen molar-refractivity contribution in [1.82, 2.24) is 19.9 Å². The van der Waals surface area contributed by atoms with Gasteiger partial charge in [-0.05, 0) is 48.4 Å². The highest BCUT2D eigenvalue weighted by molar-refractivity contribution is 6.03. The van der Waals surface area contributed by atoms with E-state index in [0.717, 1.165) is 25.1 Å². The van der Waals surface area contributed by atoms with Gasteiger partial charge < -0.3 is 15.0 Å². The summed E-state index contributed by atoms with van der Waals surface area (Å²) in [6.45, 7) is 0.634. The number of benzene rings is 1. The summed E-state index contributed by atoms with van der Waals surface area (Å²) in [5, 5.41) is 3.26. The molecule has 1 saturated heterocycles. The van der Waals surface area contributed by atoms with Gasteiger partial charge in [0.15, 0.2) is 5.82 Å². The molecule has 6 rings (SSSR count). The molecule has 3 heterocycles. The maximum absolute atomic E-state index is 13.9. The van der Waals surface area contributed by atoms with E-state index in [9.17, 15) is 18.0 Å². The minimum Gasteiger partial charge on any atom is -0.496 e. The van der Waals surface area contributed by atoms with Crippen LogP contribution in [0.2, 0.25) is 0 Å². The third kappa shape index (κ3) is 3.42. The number of carbonyl (C=O) groups is 1. The standard InChI is InChI=1S/C25H22F3N5O2/c1-35-18-5-2-4-16(22-29-8-3-9-30-22)20(18)23(34)33-13-15-10-24(15)11-17(21(24)33)32-19-7-6-14(12-31-19)25(26,27)28/h2-9,12,15,17,21H,10-11,13H2,1H3,(H,31,32). The predicted octanol–water partition coefficient (Wildman–Crippen LogP) is 4.28. The second-order valence-electron chi connectivity index (χ2n) is 9.38. The molecule has 3 fully saturated rings. The number of amides is 1. The van der Waals surface area contributed by atoms with Gasteiger partial charge in [0.05, 0.1) is 24.3 Å². The summed E-state index contributed by atoms with van der Waals surface area (Å²) in [5.41, 5.74) is 0.290. The first kappa shape index (κ1) is 21.8. The Balaban J connectivity index is 1.29. The number of nitrogens with one attached hydrogen (secondary N) is 1. The predicted molar refractivity (Wildman–Crippen MR) is 121 cm³/mol. The number of halogens is 3. The zero-order valence-corrected chi connectivity index (χ0v) is 18.8. The lowest BCUT2D eigenvalue weighted by molar-refractivity contribution is -0.137. The smallest absolute Gasteiger partial charge is 0.417 e. The van der Waals surface area contributed by atoms with Gasteiger partial charge in [0.25, 0.3) is 5.91 Å². The van der Waals surface area contributed by atoms with E-state index in [0.29, 0.717) is 41.0 Å². The Morgan fingerprint density at radius 1 is 1.11 bits per heavy atom. The second-order valence-corrected chi connectivity index (χ2v) is 9.38. The second kappa shape index (κ2) is 7.66. The number of nitrogens with zero attached hydrogens (tertiary/aromatic N) is 4. The number of pyridine rings is 1. The van der Waals surface area contributed by atoms with Crippen LogP contribution in [0.5, 0.6) is 5.75 Å². The average Bonchev–Trinajstić information content (AvgIpc) is 3.51. The van der Waals surface area contributed by atoms with E-state index in [4.69, 9.17) is 4.74 Å². The van der Waals surface area contributed by atoms with Crippen molar-refractivity contribution in [1.29, 1.82) is 0 Å². The Morgan fingerprint density at radius 3 is 2.60 bits per heavy atom. The monoisotopic (exact) mass is 481 g/mol. The summed E-state index contributed by atoms with van der Waals surface area (Å²) in [7, 11) is 1.52. The van der Waals surface area contributed by atoms with E-state index in [1.807, 2.05) is 4.90 Å². The molecule has 1 aliphatic heterocycles. The average molecular weight is 481 g/mol. The van der Waals surface area contributed by atoms with Crippen molar-refractivity contribution in [2.45, 2.75) is 31.1 Å². The molecule has 10 heteroatoms. The van der Waals surface area contributed by atoms with Crippen LogP contribution in [0.1, 0.15) is 28.8 Å². The van der Waals surface area contributed by atoms with Gasteiger partial charge in [-0.15, -0.1) is 0 Å². The fourth-order valence-corrected chi connectivity index (χ4v) is 5.89. The van der Waals surface area contributed by atoms with Gasteiger partial charge in [-0.1, -0.05) is 12.1 Å². The number of carbonyl (C=O) groups excluding carboxylic acids is 1. The topological polar surface area (TPSA) is 80.2 Å². The molecule has 2 aliphatic carbocycles. The lowest BCUT2D eigenvalue weighted by Gasteiger charge is -2.48.